The fourth-order valence-corrected chi connectivity index (χ4v) is 1.85. The Kier molecular flexibility index (Phi) is 5.54. The number of halogens is 3. The molecule has 1 aromatic rings. The molecule has 1 amide bonds. The molecule has 0 aliphatic rings. The van der Waals surface area contributed by atoms with Crippen LogP contribution in [0, 0.1) is 24.5 Å². The van der Waals surface area contributed by atoms with Crippen molar-refractivity contribution in [3.8, 4) is 0 Å². The van der Waals surface area contributed by atoms with Gasteiger partial charge in [-0.1, -0.05) is 6.92 Å². The smallest absolute Gasteiger partial charge is 0.254 e. The molecule has 1 aromatic carbocycles. The van der Waals surface area contributed by atoms with E-state index < -0.39 is 17.5 Å². The Labute approximate surface area is 110 Å². The summed E-state index contributed by atoms with van der Waals surface area (Å²) in [6, 6.07) is 1.94. The third-order valence-electron chi connectivity index (χ3n) is 2.71. The molecule has 1 rings (SSSR count). The van der Waals surface area contributed by atoms with Crippen LogP contribution in [0.1, 0.15) is 29.3 Å². The molecule has 5 heteroatoms. The first-order chi connectivity index (χ1) is 8.45. The molecule has 0 radical (unpaired) electrons. The van der Waals surface area contributed by atoms with Gasteiger partial charge < -0.3 is 5.32 Å². The van der Waals surface area contributed by atoms with Gasteiger partial charge in [0.1, 0.15) is 11.6 Å². The molecule has 18 heavy (non-hydrogen) atoms. The van der Waals surface area contributed by atoms with Crippen molar-refractivity contribution in [2.75, 3.05) is 12.4 Å². The standard InChI is InChI=1S/C13H16ClF2NO/c1-8(3-4-14)7-17-13(18)10-5-9(2)11(15)6-12(10)16/h5-6,8H,3-4,7H2,1-2H3,(H,17,18). The molecule has 0 aliphatic carbocycles. The lowest BCUT2D eigenvalue weighted by Gasteiger charge is -2.12. The topological polar surface area (TPSA) is 29.1 Å². The van der Waals surface area contributed by atoms with Crippen LogP contribution in [0.4, 0.5) is 8.78 Å². The fourth-order valence-electron chi connectivity index (χ4n) is 1.48. The van der Waals surface area contributed by atoms with E-state index in [-0.39, 0.29) is 17.0 Å². The van der Waals surface area contributed by atoms with Crippen LogP contribution in [0.15, 0.2) is 12.1 Å². The van der Waals surface area contributed by atoms with Gasteiger partial charge in [-0.05, 0) is 30.9 Å². The van der Waals surface area contributed by atoms with E-state index in [4.69, 9.17) is 11.6 Å². The van der Waals surface area contributed by atoms with E-state index in [0.717, 1.165) is 12.5 Å². The van der Waals surface area contributed by atoms with E-state index in [2.05, 4.69) is 5.32 Å². The summed E-state index contributed by atoms with van der Waals surface area (Å²) in [5.74, 6) is -1.30. The van der Waals surface area contributed by atoms with Gasteiger partial charge in [-0.15, -0.1) is 11.6 Å². The van der Waals surface area contributed by atoms with Gasteiger partial charge in [0.15, 0.2) is 0 Å². The molecule has 2 nitrogen and oxygen atoms in total. The van der Waals surface area contributed by atoms with E-state index in [1.54, 1.807) is 0 Å². The first kappa shape index (κ1) is 14.9. The highest BCUT2D eigenvalue weighted by molar-refractivity contribution is 6.17. The quantitative estimate of drug-likeness (QED) is 0.821. The van der Waals surface area contributed by atoms with Gasteiger partial charge in [-0.3, -0.25) is 4.79 Å². The monoisotopic (exact) mass is 275 g/mol. The number of alkyl halides is 1. The predicted molar refractivity (Wildman–Crippen MR) is 67.9 cm³/mol. The van der Waals surface area contributed by atoms with E-state index in [0.29, 0.717) is 12.4 Å². The third-order valence-corrected chi connectivity index (χ3v) is 2.92. The number of hydrogen-bond acceptors (Lipinski definition) is 1. The highest BCUT2D eigenvalue weighted by Gasteiger charge is 2.15. The molecule has 0 saturated heterocycles. The normalized spacial score (nSPS) is 12.3. The predicted octanol–water partition coefficient (Wildman–Crippen LogP) is 3.27. The van der Waals surface area contributed by atoms with Crippen LogP contribution in [0.5, 0.6) is 0 Å². The molecule has 1 N–H and O–H groups in total. The minimum absolute atomic E-state index is 0.132. The van der Waals surface area contributed by atoms with Gasteiger partial charge in [0.25, 0.3) is 5.91 Å². The number of hydrogen-bond donors (Lipinski definition) is 1. The molecule has 0 aromatic heterocycles. The Hall–Kier alpha value is -1.16. The fraction of sp³-hybridized carbons (Fsp3) is 0.462. The van der Waals surface area contributed by atoms with Gasteiger partial charge in [0.2, 0.25) is 0 Å². The van der Waals surface area contributed by atoms with Gasteiger partial charge in [0, 0.05) is 18.5 Å². The zero-order chi connectivity index (χ0) is 13.7. The summed E-state index contributed by atoms with van der Waals surface area (Å²) in [5, 5.41) is 2.61. The van der Waals surface area contributed by atoms with Gasteiger partial charge in [0.05, 0.1) is 5.56 Å². The molecular weight excluding hydrogens is 260 g/mol. The van der Waals surface area contributed by atoms with Crippen LogP contribution in [-0.2, 0) is 0 Å². The summed E-state index contributed by atoms with van der Waals surface area (Å²) in [5.41, 5.74) is 0.113. The molecular formula is C13H16ClF2NO. The van der Waals surface area contributed by atoms with Crippen molar-refractivity contribution < 1.29 is 13.6 Å². The van der Waals surface area contributed by atoms with Crippen molar-refractivity contribution in [2.45, 2.75) is 20.3 Å². The van der Waals surface area contributed by atoms with Gasteiger partial charge in [-0.2, -0.15) is 0 Å². The van der Waals surface area contributed by atoms with Crippen LogP contribution in [-0.4, -0.2) is 18.3 Å². The average molecular weight is 276 g/mol. The second-order valence-corrected chi connectivity index (χ2v) is 4.75. The Balaban J connectivity index is 2.70. The number of carbonyl (C=O) groups is 1. The largest absolute Gasteiger partial charge is 0.352 e. The summed E-state index contributed by atoms with van der Waals surface area (Å²) < 4.78 is 26.5. The number of rotatable bonds is 5. The lowest BCUT2D eigenvalue weighted by atomic mass is 10.1. The summed E-state index contributed by atoms with van der Waals surface area (Å²) in [7, 11) is 0. The third kappa shape index (κ3) is 3.95. The van der Waals surface area contributed by atoms with E-state index in [1.165, 1.54) is 13.0 Å². The lowest BCUT2D eigenvalue weighted by molar-refractivity contribution is 0.0943. The Morgan fingerprint density at radius 1 is 1.39 bits per heavy atom. The number of benzene rings is 1. The molecule has 0 fully saturated rings. The zero-order valence-corrected chi connectivity index (χ0v) is 11.2. The molecule has 0 saturated carbocycles. The maximum Gasteiger partial charge on any atom is 0.254 e. The Bertz CT molecular complexity index is 437. The SMILES string of the molecule is Cc1cc(C(=O)NCC(C)CCCl)c(F)cc1F. The number of aryl methyl sites for hydroxylation is 1. The first-order valence-corrected chi connectivity index (χ1v) is 6.29. The van der Waals surface area contributed by atoms with Crippen LogP contribution in [0.2, 0.25) is 0 Å². The summed E-state index contributed by atoms with van der Waals surface area (Å²) in [4.78, 5) is 11.7. The lowest BCUT2D eigenvalue weighted by Crippen LogP contribution is -2.29. The van der Waals surface area contributed by atoms with Gasteiger partial charge in [-0.25, -0.2) is 8.78 Å². The van der Waals surface area contributed by atoms with Crippen molar-refractivity contribution in [2.24, 2.45) is 5.92 Å². The summed E-state index contributed by atoms with van der Waals surface area (Å²) in [6.45, 7) is 3.85. The van der Waals surface area contributed by atoms with Crippen LogP contribution in [0.25, 0.3) is 0 Å². The number of amides is 1. The second-order valence-electron chi connectivity index (χ2n) is 4.37. The second kappa shape index (κ2) is 6.69. The molecule has 1 atom stereocenters. The maximum atomic E-state index is 13.4. The molecule has 1 unspecified atom stereocenters. The zero-order valence-electron chi connectivity index (χ0n) is 10.4. The number of carbonyl (C=O) groups excluding carboxylic acids is 1. The summed E-state index contributed by atoms with van der Waals surface area (Å²) >= 11 is 5.58. The first-order valence-electron chi connectivity index (χ1n) is 5.75. The minimum atomic E-state index is -0.847. The molecule has 100 valence electrons. The van der Waals surface area contributed by atoms with Crippen molar-refractivity contribution in [3.63, 3.8) is 0 Å². The van der Waals surface area contributed by atoms with Crippen molar-refractivity contribution in [1.29, 1.82) is 0 Å². The van der Waals surface area contributed by atoms with Crippen LogP contribution in [0.3, 0.4) is 0 Å². The van der Waals surface area contributed by atoms with Gasteiger partial charge >= 0.3 is 0 Å². The highest BCUT2D eigenvalue weighted by Crippen LogP contribution is 2.14. The van der Waals surface area contributed by atoms with E-state index >= 15 is 0 Å². The van der Waals surface area contributed by atoms with Crippen molar-refractivity contribution in [1.82, 2.24) is 5.32 Å². The van der Waals surface area contributed by atoms with Crippen LogP contribution >= 0.6 is 11.6 Å². The van der Waals surface area contributed by atoms with Crippen molar-refractivity contribution >= 4 is 17.5 Å². The molecule has 0 bridgehead atoms. The van der Waals surface area contributed by atoms with E-state index in [9.17, 15) is 13.6 Å². The minimum Gasteiger partial charge on any atom is -0.352 e. The van der Waals surface area contributed by atoms with Crippen LogP contribution < -0.4 is 5.32 Å². The molecule has 0 spiro atoms. The summed E-state index contributed by atoms with van der Waals surface area (Å²) in [6.07, 6.45) is 0.771. The Morgan fingerprint density at radius 3 is 2.67 bits per heavy atom. The van der Waals surface area contributed by atoms with E-state index in [1.807, 2.05) is 6.92 Å². The highest BCUT2D eigenvalue weighted by atomic mass is 35.5. The maximum absolute atomic E-state index is 13.4. The molecule has 0 heterocycles. The molecule has 0 aliphatic heterocycles. The van der Waals surface area contributed by atoms with Crippen molar-refractivity contribution in [3.05, 3.63) is 34.9 Å². The average Bonchev–Trinajstić information content (AvgIpc) is 2.31. The Morgan fingerprint density at radius 2 is 2.06 bits per heavy atom. The number of nitrogens with one attached hydrogen (secondary N) is 1.